The van der Waals surface area contributed by atoms with Crippen LogP contribution in [-0.2, 0) is 16.0 Å². The number of ether oxygens (including phenoxy) is 2. The maximum absolute atomic E-state index is 5.49. The maximum atomic E-state index is 5.49. The molecule has 1 saturated carbocycles. The summed E-state index contributed by atoms with van der Waals surface area (Å²) in [5.74, 6) is 0. The molecule has 0 spiro atoms. The van der Waals surface area contributed by atoms with Crippen molar-refractivity contribution in [1.29, 1.82) is 0 Å². The molecule has 0 radical (unpaired) electrons. The fourth-order valence-corrected chi connectivity index (χ4v) is 2.70. The third-order valence-corrected chi connectivity index (χ3v) is 4.14. The summed E-state index contributed by atoms with van der Waals surface area (Å²) >= 11 is 0. The molecular formula is C15H23N3O2. The monoisotopic (exact) mass is 277 g/mol. The Morgan fingerprint density at radius 2 is 1.95 bits per heavy atom. The second-order valence-electron chi connectivity index (χ2n) is 5.61. The van der Waals surface area contributed by atoms with Crippen molar-refractivity contribution in [3.05, 3.63) is 24.0 Å². The molecule has 1 aliphatic carbocycles. The largest absolute Gasteiger partial charge is 0.377 e. The number of hydrogen-bond donors (Lipinski definition) is 1. The van der Waals surface area contributed by atoms with Crippen LogP contribution < -0.4 is 10.2 Å². The lowest BCUT2D eigenvalue weighted by molar-refractivity contribution is -0.00461. The number of rotatable bonds is 6. The molecule has 1 aromatic rings. The Bertz CT molecular complexity index is 438. The van der Waals surface area contributed by atoms with Crippen LogP contribution in [0.4, 0.5) is 5.69 Å². The standard InChI is InChI=1S/C15H23N3O2/c1-19-14-9-18(10-15(14)20-2)13-5-6-16-12(7-13)8-17-11-3-4-11/h5-7,11,14-15,17H,3-4,8-10H2,1-2H3. The number of hydrogen-bond acceptors (Lipinski definition) is 5. The Kier molecular flexibility index (Phi) is 4.19. The Labute approximate surface area is 120 Å². The molecule has 1 N–H and O–H groups in total. The van der Waals surface area contributed by atoms with E-state index in [1.165, 1.54) is 18.5 Å². The first-order valence-electron chi connectivity index (χ1n) is 7.29. The van der Waals surface area contributed by atoms with Gasteiger partial charge >= 0.3 is 0 Å². The zero-order valence-electron chi connectivity index (χ0n) is 12.2. The number of aromatic nitrogens is 1. The highest BCUT2D eigenvalue weighted by Crippen LogP contribution is 2.24. The minimum atomic E-state index is 0.140. The van der Waals surface area contributed by atoms with Gasteiger partial charge in [0.25, 0.3) is 0 Å². The normalized spacial score (nSPS) is 26.2. The van der Waals surface area contributed by atoms with Crippen molar-refractivity contribution in [2.24, 2.45) is 0 Å². The molecule has 0 amide bonds. The van der Waals surface area contributed by atoms with Gasteiger partial charge in [0.2, 0.25) is 0 Å². The number of pyridine rings is 1. The second-order valence-corrected chi connectivity index (χ2v) is 5.61. The molecule has 110 valence electrons. The number of anilines is 1. The Hall–Kier alpha value is -1.17. The second kappa shape index (κ2) is 6.08. The number of nitrogens with zero attached hydrogens (tertiary/aromatic N) is 2. The molecule has 0 aromatic carbocycles. The SMILES string of the molecule is COC1CN(c2ccnc(CNC3CC3)c2)CC1OC. The summed E-state index contributed by atoms with van der Waals surface area (Å²) in [5, 5.41) is 3.50. The van der Waals surface area contributed by atoms with Crippen LogP contribution in [0.1, 0.15) is 18.5 Å². The van der Waals surface area contributed by atoms with E-state index in [9.17, 15) is 0 Å². The van der Waals surface area contributed by atoms with Crippen LogP contribution in [0.15, 0.2) is 18.3 Å². The van der Waals surface area contributed by atoms with Gasteiger partial charge in [0.05, 0.1) is 5.69 Å². The molecule has 2 atom stereocenters. The van der Waals surface area contributed by atoms with Crippen molar-refractivity contribution >= 4 is 5.69 Å². The van der Waals surface area contributed by atoms with Crippen molar-refractivity contribution in [2.75, 3.05) is 32.2 Å². The van der Waals surface area contributed by atoms with Crippen molar-refractivity contribution in [1.82, 2.24) is 10.3 Å². The van der Waals surface area contributed by atoms with Gasteiger partial charge in [-0.3, -0.25) is 4.98 Å². The molecule has 2 heterocycles. The average Bonchev–Trinajstić information content (AvgIpc) is 3.22. The van der Waals surface area contributed by atoms with E-state index in [-0.39, 0.29) is 12.2 Å². The van der Waals surface area contributed by atoms with Crippen LogP contribution in [0.25, 0.3) is 0 Å². The molecule has 2 aliphatic rings. The van der Waals surface area contributed by atoms with Crippen LogP contribution in [-0.4, -0.2) is 50.5 Å². The van der Waals surface area contributed by atoms with Crippen molar-refractivity contribution < 1.29 is 9.47 Å². The summed E-state index contributed by atoms with van der Waals surface area (Å²) in [4.78, 5) is 6.75. The van der Waals surface area contributed by atoms with Gasteiger partial charge in [-0.05, 0) is 25.0 Å². The lowest BCUT2D eigenvalue weighted by Crippen LogP contribution is -2.27. The molecule has 1 aliphatic heterocycles. The third kappa shape index (κ3) is 3.11. The molecule has 1 saturated heterocycles. The zero-order valence-corrected chi connectivity index (χ0v) is 12.2. The summed E-state index contributed by atoms with van der Waals surface area (Å²) in [6, 6.07) is 4.94. The van der Waals surface area contributed by atoms with E-state index in [1.54, 1.807) is 14.2 Å². The van der Waals surface area contributed by atoms with Crippen molar-refractivity contribution in [3.63, 3.8) is 0 Å². The van der Waals surface area contributed by atoms with Gasteiger partial charge in [-0.15, -0.1) is 0 Å². The van der Waals surface area contributed by atoms with E-state index in [4.69, 9.17) is 9.47 Å². The highest BCUT2D eigenvalue weighted by molar-refractivity contribution is 5.48. The van der Waals surface area contributed by atoms with E-state index in [0.717, 1.165) is 25.3 Å². The Morgan fingerprint density at radius 3 is 2.55 bits per heavy atom. The first kappa shape index (κ1) is 13.8. The number of nitrogens with one attached hydrogen (secondary N) is 1. The van der Waals surface area contributed by atoms with Gasteiger partial charge < -0.3 is 19.7 Å². The molecule has 20 heavy (non-hydrogen) atoms. The first-order valence-corrected chi connectivity index (χ1v) is 7.29. The van der Waals surface area contributed by atoms with Gasteiger partial charge in [-0.25, -0.2) is 0 Å². The minimum Gasteiger partial charge on any atom is -0.377 e. The summed E-state index contributed by atoms with van der Waals surface area (Å²) in [6.07, 6.45) is 4.77. The topological polar surface area (TPSA) is 46.6 Å². The van der Waals surface area contributed by atoms with Gasteiger partial charge in [-0.2, -0.15) is 0 Å². The lowest BCUT2D eigenvalue weighted by Gasteiger charge is -2.18. The van der Waals surface area contributed by atoms with E-state index >= 15 is 0 Å². The molecule has 2 fully saturated rings. The highest BCUT2D eigenvalue weighted by Gasteiger charge is 2.33. The fourth-order valence-electron chi connectivity index (χ4n) is 2.70. The summed E-state index contributed by atoms with van der Waals surface area (Å²) < 4.78 is 11.0. The van der Waals surface area contributed by atoms with Crippen LogP contribution >= 0.6 is 0 Å². The lowest BCUT2D eigenvalue weighted by atomic mass is 10.3. The van der Waals surface area contributed by atoms with Gasteiger partial charge in [-0.1, -0.05) is 0 Å². The van der Waals surface area contributed by atoms with E-state index < -0.39 is 0 Å². The predicted octanol–water partition coefficient (Wildman–Crippen LogP) is 1.18. The van der Waals surface area contributed by atoms with E-state index in [1.807, 2.05) is 6.20 Å². The van der Waals surface area contributed by atoms with Crippen LogP contribution in [0.5, 0.6) is 0 Å². The fraction of sp³-hybridized carbons (Fsp3) is 0.667. The molecule has 3 rings (SSSR count). The maximum Gasteiger partial charge on any atom is 0.102 e. The van der Waals surface area contributed by atoms with E-state index in [2.05, 4.69) is 27.3 Å². The highest BCUT2D eigenvalue weighted by atomic mass is 16.5. The molecule has 0 bridgehead atoms. The number of methoxy groups -OCH3 is 2. The molecular weight excluding hydrogens is 254 g/mol. The Morgan fingerprint density at radius 1 is 1.25 bits per heavy atom. The van der Waals surface area contributed by atoms with Gasteiger partial charge in [0.15, 0.2) is 0 Å². The smallest absolute Gasteiger partial charge is 0.102 e. The zero-order chi connectivity index (χ0) is 13.9. The van der Waals surface area contributed by atoms with Crippen molar-refractivity contribution in [3.8, 4) is 0 Å². The van der Waals surface area contributed by atoms with E-state index in [0.29, 0.717) is 6.04 Å². The summed E-state index contributed by atoms with van der Waals surface area (Å²) in [5.41, 5.74) is 2.30. The van der Waals surface area contributed by atoms with Gasteiger partial charge in [0.1, 0.15) is 12.2 Å². The quantitative estimate of drug-likeness (QED) is 0.846. The predicted molar refractivity (Wildman–Crippen MR) is 77.9 cm³/mol. The van der Waals surface area contributed by atoms with Crippen LogP contribution in [0.2, 0.25) is 0 Å². The third-order valence-electron chi connectivity index (χ3n) is 4.14. The molecule has 5 nitrogen and oxygen atoms in total. The summed E-state index contributed by atoms with van der Waals surface area (Å²) in [7, 11) is 3.50. The summed E-state index contributed by atoms with van der Waals surface area (Å²) in [6.45, 7) is 2.59. The Balaban J connectivity index is 1.65. The average molecular weight is 277 g/mol. The molecule has 1 aromatic heterocycles. The molecule has 5 heteroatoms. The van der Waals surface area contributed by atoms with Crippen molar-refractivity contribution in [2.45, 2.75) is 37.6 Å². The van der Waals surface area contributed by atoms with Gasteiger partial charge in [0, 0.05) is 51.8 Å². The molecule has 2 unspecified atom stereocenters. The minimum absolute atomic E-state index is 0.140. The van der Waals surface area contributed by atoms with Crippen LogP contribution in [0, 0.1) is 0 Å². The first-order chi connectivity index (χ1) is 9.80. The van der Waals surface area contributed by atoms with Crippen LogP contribution in [0.3, 0.4) is 0 Å².